The smallest absolute Gasteiger partial charge is 0.270 e. The molecule has 1 aliphatic heterocycles. The Morgan fingerprint density at radius 2 is 1.43 bits per heavy atom. The summed E-state index contributed by atoms with van der Waals surface area (Å²) >= 11 is 0. The molecule has 0 N–H and O–H groups in total. The number of fused-ring (bicyclic) bond motifs is 1. The summed E-state index contributed by atoms with van der Waals surface area (Å²) in [6.45, 7) is 2.75. The van der Waals surface area contributed by atoms with Gasteiger partial charge in [0.15, 0.2) is 0 Å². The van der Waals surface area contributed by atoms with Gasteiger partial charge in [0.1, 0.15) is 28.9 Å². The number of rotatable bonds is 4. The van der Waals surface area contributed by atoms with Gasteiger partial charge >= 0.3 is 0 Å². The molecule has 2 aromatic heterocycles. The SMILES string of the molecule is Cn1c(=O)c(C#N)c(N2CCN(C(c3ccccc3)c3ccccc3)CC2)c2nc(C#N)ccc21. The van der Waals surface area contributed by atoms with Gasteiger partial charge < -0.3 is 9.47 Å². The first-order valence-electron chi connectivity index (χ1n) is 11.5. The van der Waals surface area contributed by atoms with Gasteiger partial charge in [-0.2, -0.15) is 10.5 Å². The van der Waals surface area contributed by atoms with E-state index in [1.165, 1.54) is 15.7 Å². The maximum Gasteiger partial charge on any atom is 0.270 e. The highest BCUT2D eigenvalue weighted by atomic mass is 16.1. The number of pyridine rings is 2. The van der Waals surface area contributed by atoms with Gasteiger partial charge in [0.25, 0.3) is 5.56 Å². The molecule has 0 saturated carbocycles. The van der Waals surface area contributed by atoms with Crippen molar-refractivity contribution in [1.29, 1.82) is 10.5 Å². The highest BCUT2D eigenvalue weighted by Crippen LogP contribution is 2.32. The van der Waals surface area contributed by atoms with Crippen LogP contribution in [0.1, 0.15) is 28.4 Å². The minimum absolute atomic E-state index is 0.0682. The number of hydrogen-bond acceptors (Lipinski definition) is 6. The molecule has 35 heavy (non-hydrogen) atoms. The van der Waals surface area contributed by atoms with Crippen molar-refractivity contribution in [2.24, 2.45) is 7.05 Å². The van der Waals surface area contributed by atoms with Gasteiger partial charge in [0, 0.05) is 33.2 Å². The van der Waals surface area contributed by atoms with Crippen molar-refractivity contribution in [3.05, 3.63) is 106 Å². The highest BCUT2D eigenvalue weighted by Gasteiger charge is 2.29. The molecule has 4 aromatic rings. The first-order valence-corrected chi connectivity index (χ1v) is 11.5. The van der Waals surface area contributed by atoms with Gasteiger partial charge in [-0.1, -0.05) is 60.7 Å². The summed E-state index contributed by atoms with van der Waals surface area (Å²) in [7, 11) is 1.63. The van der Waals surface area contributed by atoms with E-state index in [1.54, 1.807) is 19.2 Å². The average Bonchev–Trinajstić information content (AvgIpc) is 2.92. The Hall–Kier alpha value is -4.46. The number of hydrogen-bond donors (Lipinski definition) is 0. The van der Waals surface area contributed by atoms with Crippen LogP contribution in [0.15, 0.2) is 77.6 Å². The van der Waals surface area contributed by atoms with E-state index in [0.717, 1.165) is 13.1 Å². The predicted octanol–water partition coefficient (Wildman–Crippen LogP) is 3.59. The zero-order valence-electron chi connectivity index (χ0n) is 19.4. The monoisotopic (exact) mass is 460 g/mol. The fraction of sp³-hybridized carbons (Fsp3) is 0.214. The fourth-order valence-electron chi connectivity index (χ4n) is 4.95. The van der Waals surface area contributed by atoms with E-state index < -0.39 is 0 Å². The number of piperazine rings is 1. The molecule has 1 saturated heterocycles. The molecular weight excluding hydrogens is 436 g/mol. The third kappa shape index (κ3) is 4.03. The number of nitriles is 2. The topological polar surface area (TPSA) is 88.9 Å². The normalized spacial score (nSPS) is 14.1. The molecular formula is C28H24N6O. The predicted molar refractivity (Wildman–Crippen MR) is 135 cm³/mol. The molecule has 0 aliphatic carbocycles. The number of nitrogens with zero attached hydrogens (tertiary/aromatic N) is 6. The van der Waals surface area contributed by atoms with E-state index in [2.05, 4.69) is 75.5 Å². The zero-order chi connectivity index (χ0) is 24.4. The van der Waals surface area contributed by atoms with Crippen LogP contribution < -0.4 is 10.5 Å². The Labute approximate surface area is 203 Å². The molecule has 0 spiro atoms. The van der Waals surface area contributed by atoms with E-state index >= 15 is 0 Å². The molecule has 0 bridgehead atoms. The summed E-state index contributed by atoms with van der Waals surface area (Å²) < 4.78 is 1.43. The van der Waals surface area contributed by atoms with E-state index in [4.69, 9.17) is 0 Å². The van der Waals surface area contributed by atoms with E-state index in [0.29, 0.717) is 29.8 Å². The molecule has 0 amide bonds. The summed E-state index contributed by atoms with van der Waals surface area (Å²) in [5, 5.41) is 19.3. The van der Waals surface area contributed by atoms with Crippen LogP contribution in [-0.4, -0.2) is 40.6 Å². The summed E-state index contributed by atoms with van der Waals surface area (Å²) in [6, 6.07) is 28.5. The zero-order valence-corrected chi connectivity index (χ0v) is 19.4. The van der Waals surface area contributed by atoms with Crippen molar-refractivity contribution in [2.75, 3.05) is 31.1 Å². The largest absolute Gasteiger partial charge is 0.366 e. The Morgan fingerprint density at radius 3 is 1.97 bits per heavy atom. The van der Waals surface area contributed by atoms with E-state index in [1.807, 2.05) is 12.1 Å². The van der Waals surface area contributed by atoms with Crippen LogP contribution in [0.5, 0.6) is 0 Å². The van der Waals surface area contributed by atoms with Crippen molar-refractivity contribution >= 4 is 16.7 Å². The summed E-state index contributed by atoms with van der Waals surface area (Å²) in [6.07, 6.45) is 0. The average molecular weight is 461 g/mol. The van der Waals surface area contributed by atoms with Gasteiger partial charge in [-0.15, -0.1) is 0 Å². The Kier molecular flexibility index (Phi) is 6.01. The molecule has 172 valence electrons. The third-order valence-electron chi connectivity index (χ3n) is 6.67. The maximum atomic E-state index is 13.0. The van der Waals surface area contributed by atoms with Crippen molar-refractivity contribution in [1.82, 2.24) is 14.5 Å². The second-order valence-electron chi connectivity index (χ2n) is 8.62. The summed E-state index contributed by atoms with van der Waals surface area (Å²) in [4.78, 5) is 22.0. The van der Waals surface area contributed by atoms with Crippen LogP contribution in [0.3, 0.4) is 0 Å². The molecule has 3 heterocycles. The molecule has 0 radical (unpaired) electrons. The molecule has 7 heteroatoms. The molecule has 7 nitrogen and oxygen atoms in total. The van der Waals surface area contributed by atoms with Crippen LogP contribution in [0.25, 0.3) is 11.0 Å². The van der Waals surface area contributed by atoms with Gasteiger partial charge in [0.05, 0.1) is 17.2 Å². The molecule has 1 fully saturated rings. The lowest BCUT2D eigenvalue weighted by Gasteiger charge is -2.41. The van der Waals surface area contributed by atoms with Crippen molar-refractivity contribution < 1.29 is 0 Å². The van der Waals surface area contributed by atoms with Crippen molar-refractivity contribution in [3.63, 3.8) is 0 Å². The third-order valence-corrected chi connectivity index (χ3v) is 6.67. The van der Waals surface area contributed by atoms with Crippen LogP contribution >= 0.6 is 0 Å². The number of benzene rings is 2. The fourth-order valence-corrected chi connectivity index (χ4v) is 4.95. The minimum atomic E-state index is -0.351. The Morgan fingerprint density at radius 1 is 0.829 bits per heavy atom. The molecule has 2 aromatic carbocycles. The maximum absolute atomic E-state index is 13.0. The number of aromatic nitrogens is 2. The van der Waals surface area contributed by atoms with E-state index in [-0.39, 0.29) is 22.9 Å². The molecule has 1 aliphatic rings. The highest BCUT2D eigenvalue weighted by molar-refractivity contribution is 5.92. The van der Waals surface area contributed by atoms with E-state index in [9.17, 15) is 15.3 Å². The lowest BCUT2D eigenvalue weighted by molar-refractivity contribution is 0.212. The van der Waals surface area contributed by atoms with Gasteiger partial charge in [-0.05, 0) is 23.3 Å². The van der Waals surface area contributed by atoms with Crippen molar-refractivity contribution in [2.45, 2.75) is 6.04 Å². The first-order chi connectivity index (χ1) is 17.1. The lowest BCUT2D eigenvalue weighted by Crippen LogP contribution is -2.48. The number of aryl methyl sites for hydroxylation is 1. The second kappa shape index (κ2) is 9.42. The second-order valence-corrected chi connectivity index (χ2v) is 8.62. The van der Waals surface area contributed by atoms with Crippen LogP contribution in [0.2, 0.25) is 0 Å². The van der Waals surface area contributed by atoms with Crippen molar-refractivity contribution in [3.8, 4) is 12.1 Å². The van der Waals surface area contributed by atoms with Gasteiger partial charge in [0.2, 0.25) is 0 Å². The van der Waals surface area contributed by atoms with Crippen LogP contribution in [-0.2, 0) is 7.05 Å². The summed E-state index contributed by atoms with van der Waals surface area (Å²) in [5.41, 5.74) is 4.07. The van der Waals surface area contributed by atoms with Crippen LogP contribution in [0.4, 0.5) is 5.69 Å². The molecule has 5 rings (SSSR count). The van der Waals surface area contributed by atoms with Gasteiger partial charge in [-0.25, -0.2) is 4.98 Å². The van der Waals surface area contributed by atoms with Crippen LogP contribution in [0, 0.1) is 22.7 Å². The number of anilines is 1. The lowest BCUT2D eigenvalue weighted by atomic mass is 9.96. The Balaban J connectivity index is 1.52. The summed E-state index contributed by atoms with van der Waals surface area (Å²) in [5.74, 6) is 0. The van der Waals surface area contributed by atoms with Gasteiger partial charge in [-0.3, -0.25) is 9.69 Å². The molecule has 0 atom stereocenters. The quantitative estimate of drug-likeness (QED) is 0.462. The standard InChI is InChI=1S/C28H24N6O/c1-32-24-13-12-22(18-29)31-25(24)27(23(19-30)28(32)35)34-16-14-33(15-17-34)26(20-8-4-2-5-9-20)21-10-6-3-7-11-21/h2-13,26H,14-17H2,1H3. The molecule has 0 unspecified atom stereocenters. The Bertz CT molecular complexity index is 1470. The minimum Gasteiger partial charge on any atom is -0.366 e. The first kappa shape index (κ1) is 22.3.